The van der Waals surface area contributed by atoms with E-state index >= 15 is 0 Å². The molecule has 0 saturated carbocycles. The average molecular weight is 469 g/mol. The fourth-order valence-electron chi connectivity index (χ4n) is 2.71. The van der Waals surface area contributed by atoms with E-state index in [0.717, 1.165) is 17.4 Å². The first kappa shape index (κ1) is 20.1. The van der Waals surface area contributed by atoms with Crippen LogP contribution in [0.2, 0.25) is 0 Å². The maximum Gasteiger partial charge on any atom is 0.323 e. The van der Waals surface area contributed by atoms with E-state index in [0.29, 0.717) is 24.9 Å². The van der Waals surface area contributed by atoms with E-state index in [1.807, 2.05) is 36.4 Å². The smallest absolute Gasteiger partial charge is 0.323 e. The Labute approximate surface area is 166 Å². The normalized spacial score (nSPS) is 12.1. The standard InChI is InChI=1S/C20H23Br2NO2/c21-11-13-23(16-18-9-5-2-6-10-18)19(20(24)25-14-12-22)15-17-7-3-1-4-8-17/h1-10,19H,11-16H2. The lowest BCUT2D eigenvalue weighted by Crippen LogP contribution is -2.44. The van der Waals surface area contributed by atoms with Crippen LogP contribution in [-0.4, -0.2) is 40.7 Å². The molecule has 1 atom stereocenters. The second kappa shape index (κ2) is 11.4. The summed E-state index contributed by atoms with van der Waals surface area (Å²) in [4.78, 5) is 14.9. The minimum atomic E-state index is -0.306. The molecule has 0 N–H and O–H groups in total. The van der Waals surface area contributed by atoms with E-state index in [2.05, 4.69) is 61.0 Å². The van der Waals surface area contributed by atoms with Crippen molar-refractivity contribution in [3.05, 3.63) is 71.8 Å². The van der Waals surface area contributed by atoms with Crippen molar-refractivity contribution < 1.29 is 9.53 Å². The first-order valence-corrected chi connectivity index (χ1v) is 10.6. The Bertz CT molecular complexity index is 622. The minimum Gasteiger partial charge on any atom is -0.464 e. The fourth-order valence-corrected chi connectivity index (χ4v) is 3.32. The summed E-state index contributed by atoms with van der Waals surface area (Å²) >= 11 is 6.83. The highest BCUT2D eigenvalue weighted by atomic mass is 79.9. The highest BCUT2D eigenvalue weighted by Crippen LogP contribution is 2.15. The number of esters is 1. The minimum absolute atomic E-state index is 0.166. The van der Waals surface area contributed by atoms with Crippen LogP contribution in [0.15, 0.2) is 60.7 Å². The van der Waals surface area contributed by atoms with E-state index in [1.165, 1.54) is 5.56 Å². The highest BCUT2D eigenvalue weighted by molar-refractivity contribution is 9.09. The third-order valence-corrected chi connectivity index (χ3v) is 4.58. The first-order chi connectivity index (χ1) is 12.2. The van der Waals surface area contributed by atoms with E-state index in [-0.39, 0.29) is 12.0 Å². The Hall–Kier alpha value is -1.17. The molecule has 0 spiro atoms. The Kier molecular flexibility index (Phi) is 9.22. The van der Waals surface area contributed by atoms with Gasteiger partial charge in [0.15, 0.2) is 0 Å². The van der Waals surface area contributed by atoms with E-state index in [1.54, 1.807) is 0 Å². The van der Waals surface area contributed by atoms with Gasteiger partial charge in [0.25, 0.3) is 0 Å². The molecule has 0 aliphatic carbocycles. The third-order valence-electron chi connectivity index (χ3n) is 3.91. The second-order valence-electron chi connectivity index (χ2n) is 5.71. The summed E-state index contributed by atoms with van der Waals surface area (Å²) in [6, 6.07) is 20.0. The lowest BCUT2D eigenvalue weighted by atomic mass is 10.0. The SMILES string of the molecule is O=C(OCCBr)C(Cc1ccccc1)N(CCBr)Cc1ccccc1. The molecule has 0 radical (unpaired) electrons. The van der Waals surface area contributed by atoms with Crippen LogP contribution in [-0.2, 0) is 22.5 Å². The van der Waals surface area contributed by atoms with Crippen LogP contribution in [0.3, 0.4) is 0 Å². The number of hydrogen-bond donors (Lipinski definition) is 0. The van der Waals surface area contributed by atoms with Gasteiger partial charge in [-0.25, -0.2) is 0 Å². The van der Waals surface area contributed by atoms with Crippen molar-refractivity contribution >= 4 is 37.8 Å². The van der Waals surface area contributed by atoms with Crippen molar-refractivity contribution in [3.8, 4) is 0 Å². The topological polar surface area (TPSA) is 29.5 Å². The molecule has 0 aliphatic heterocycles. The van der Waals surface area contributed by atoms with Crippen LogP contribution in [0.25, 0.3) is 0 Å². The molecule has 0 heterocycles. The summed E-state index contributed by atoms with van der Waals surface area (Å²) in [5.74, 6) is -0.166. The molecule has 0 bridgehead atoms. The van der Waals surface area contributed by atoms with Gasteiger partial charge in [0.1, 0.15) is 12.6 Å². The number of alkyl halides is 2. The number of nitrogens with zero attached hydrogens (tertiary/aromatic N) is 1. The molecule has 0 aromatic heterocycles. The van der Waals surface area contributed by atoms with Crippen molar-refractivity contribution in [2.75, 3.05) is 23.8 Å². The van der Waals surface area contributed by atoms with Crippen molar-refractivity contribution in [1.82, 2.24) is 4.90 Å². The van der Waals surface area contributed by atoms with Crippen LogP contribution in [0.4, 0.5) is 0 Å². The summed E-state index contributed by atoms with van der Waals surface area (Å²) in [6.45, 7) is 1.88. The van der Waals surface area contributed by atoms with Gasteiger partial charge in [-0.1, -0.05) is 92.5 Å². The summed E-state index contributed by atoms with van der Waals surface area (Å²) in [6.07, 6.45) is 0.641. The number of carbonyl (C=O) groups excluding carboxylic acids is 1. The summed E-state index contributed by atoms with van der Waals surface area (Å²) in [5, 5.41) is 1.45. The molecule has 25 heavy (non-hydrogen) atoms. The van der Waals surface area contributed by atoms with Gasteiger partial charge in [0.05, 0.1) is 0 Å². The van der Waals surface area contributed by atoms with Crippen LogP contribution >= 0.6 is 31.9 Å². The Balaban J connectivity index is 2.20. The molecule has 0 amide bonds. The number of carbonyl (C=O) groups is 1. The van der Waals surface area contributed by atoms with Crippen LogP contribution in [0.5, 0.6) is 0 Å². The largest absolute Gasteiger partial charge is 0.464 e. The second-order valence-corrected chi connectivity index (χ2v) is 7.29. The maximum absolute atomic E-state index is 12.7. The molecule has 2 rings (SSSR count). The molecular weight excluding hydrogens is 446 g/mol. The maximum atomic E-state index is 12.7. The lowest BCUT2D eigenvalue weighted by molar-refractivity contribution is -0.149. The molecule has 5 heteroatoms. The monoisotopic (exact) mass is 467 g/mol. The Morgan fingerprint density at radius 3 is 2.08 bits per heavy atom. The lowest BCUT2D eigenvalue weighted by Gasteiger charge is -2.30. The van der Waals surface area contributed by atoms with E-state index in [4.69, 9.17) is 4.74 Å². The predicted octanol–water partition coefficient (Wildman–Crippen LogP) is 4.43. The van der Waals surface area contributed by atoms with Gasteiger partial charge in [-0.05, 0) is 17.5 Å². The van der Waals surface area contributed by atoms with Crippen molar-refractivity contribution in [2.24, 2.45) is 0 Å². The molecule has 1 unspecified atom stereocenters. The zero-order valence-electron chi connectivity index (χ0n) is 14.1. The summed E-state index contributed by atoms with van der Waals surface area (Å²) in [7, 11) is 0. The first-order valence-electron chi connectivity index (χ1n) is 8.35. The van der Waals surface area contributed by atoms with Crippen LogP contribution < -0.4 is 0 Å². The van der Waals surface area contributed by atoms with Gasteiger partial charge in [0.2, 0.25) is 0 Å². The highest BCUT2D eigenvalue weighted by Gasteiger charge is 2.27. The van der Waals surface area contributed by atoms with Crippen molar-refractivity contribution in [2.45, 2.75) is 19.0 Å². The molecule has 2 aromatic carbocycles. The molecule has 3 nitrogen and oxygen atoms in total. The van der Waals surface area contributed by atoms with Crippen LogP contribution in [0.1, 0.15) is 11.1 Å². The molecule has 0 fully saturated rings. The molecule has 0 aliphatic rings. The number of halogens is 2. The zero-order chi connectivity index (χ0) is 17.9. The average Bonchev–Trinajstić information content (AvgIpc) is 2.65. The fraction of sp³-hybridized carbons (Fsp3) is 0.350. The van der Waals surface area contributed by atoms with Crippen molar-refractivity contribution in [1.29, 1.82) is 0 Å². The van der Waals surface area contributed by atoms with Gasteiger partial charge in [-0.3, -0.25) is 9.69 Å². The zero-order valence-corrected chi connectivity index (χ0v) is 17.3. The van der Waals surface area contributed by atoms with Gasteiger partial charge >= 0.3 is 5.97 Å². The Morgan fingerprint density at radius 2 is 1.52 bits per heavy atom. The van der Waals surface area contributed by atoms with Gasteiger partial charge in [-0.15, -0.1) is 0 Å². The van der Waals surface area contributed by atoms with Gasteiger partial charge in [-0.2, -0.15) is 0 Å². The van der Waals surface area contributed by atoms with E-state index in [9.17, 15) is 4.79 Å². The predicted molar refractivity (Wildman–Crippen MR) is 109 cm³/mol. The van der Waals surface area contributed by atoms with E-state index < -0.39 is 0 Å². The summed E-state index contributed by atoms with van der Waals surface area (Å²) in [5.41, 5.74) is 2.32. The number of benzene rings is 2. The van der Waals surface area contributed by atoms with Gasteiger partial charge in [0, 0.05) is 23.7 Å². The number of hydrogen-bond acceptors (Lipinski definition) is 3. The third kappa shape index (κ3) is 6.92. The molecule has 0 saturated heterocycles. The molecule has 2 aromatic rings. The molecular formula is C20H23Br2NO2. The van der Waals surface area contributed by atoms with Crippen LogP contribution in [0, 0.1) is 0 Å². The number of rotatable bonds is 10. The number of ether oxygens (including phenoxy) is 1. The van der Waals surface area contributed by atoms with Gasteiger partial charge < -0.3 is 4.74 Å². The quantitative estimate of drug-likeness (QED) is 0.381. The molecule has 134 valence electrons. The van der Waals surface area contributed by atoms with Crippen molar-refractivity contribution in [3.63, 3.8) is 0 Å². The summed E-state index contributed by atoms with van der Waals surface area (Å²) < 4.78 is 5.45. The Morgan fingerprint density at radius 1 is 0.920 bits per heavy atom.